The van der Waals surface area contributed by atoms with Crippen LogP contribution in [0.3, 0.4) is 0 Å². The van der Waals surface area contributed by atoms with Gasteiger partial charge in [0.15, 0.2) is 0 Å². The van der Waals surface area contributed by atoms with Crippen molar-refractivity contribution in [2.24, 2.45) is 0 Å². The number of methoxy groups -OCH3 is 1. The highest BCUT2D eigenvalue weighted by atomic mass is 16.5. The summed E-state index contributed by atoms with van der Waals surface area (Å²) >= 11 is 0. The van der Waals surface area contributed by atoms with Crippen LogP contribution in [0, 0.1) is 0 Å². The number of carboxylic acids is 1. The molecule has 0 radical (unpaired) electrons. The number of rotatable bonds is 5. The molecule has 0 spiro atoms. The predicted molar refractivity (Wildman–Crippen MR) is 76.9 cm³/mol. The monoisotopic (exact) mass is 280 g/mol. The van der Waals surface area contributed by atoms with Gasteiger partial charge in [-0.25, -0.2) is 4.79 Å². The molecule has 0 bridgehead atoms. The second kappa shape index (κ2) is 5.92. The Labute approximate surface area is 118 Å². The first kappa shape index (κ1) is 16.0. The smallest absolute Gasteiger partial charge is 0.335 e. The molecule has 1 amide bonds. The van der Waals surface area contributed by atoms with Crippen LogP contribution in [0.4, 0.5) is 11.4 Å². The number of carboxylic acid groups (broad SMARTS) is 1. The summed E-state index contributed by atoms with van der Waals surface area (Å²) in [7, 11) is 3.14. The molecule has 0 aliphatic rings. The normalized spacial score (nSPS) is 11.2. The molecule has 0 unspecified atom stereocenters. The molecule has 0 fully saturated rings. The number of nitrogens with two attached hydrogens (primary N) is 1. The molecule has 3 N–H and O–H groups in total. The van der Waals surface area contributed by atoms with E-state index in [9.17, 15) is 9.59 Å². The average Bonchev–Trinajstić information content (AvgIpc) is 2.37. The number of amides is 1. The van der Waals surface area contributed by atoms with Crippen molar-refractivity contribution in [1.29, 1.82) is 0 Å². The molecule has 110 valence electrons. The van der Waals surface area contributed by atoms with Gasteiger partial charge in [-0.2, -0.15) is 0 Å². The quantitative estimate of drug-likeness (QED) is 0.801. The first-order chi connectivity index (χ1) is 9.18. The third-order valence-electron chi connectivity index (χ3n) is 3.14. The molecule has 0 aliphatic carbocycles. The highest BCUT2D eigenvalue weighted by Crippen LogP contribution is 2.25. The molecule has 0 saturated heterocycles. The van der Waals surface area contributed by atoms with Gasteiger partial charge in [-0.05, 0) is 32.0 Å². The Bertz CT molecular complexity index is 526. The number of carbonyl (C=O) groups excluding carboxylic acids is 1. The first-order valence-electron chi connectivity index (χ1n) is 6.12. The Kier molecular flexibility index (Phi) is 4.73. The topological polar surface area (TPSA) is 92.9 Å². The van der Waals surface area contributed by atoms with Gasteiger partial charge in [0.25, 0.3) is 0 Å². The fraction of sp³-hybridized carbons (Fsp3) is 0.429. The van der Waals surface area contributed by atoms with Crippen LogP contribution in [0.1, 0.15) is 30.6 Å². The zero-order chi connectivity index (χ0) is 15.5. The van der Waals surface area contributed by atoms with Crippen molar-refractivity contribution in [3.05, 3.63) is 23.8 Å². The van der Waals surface area contributed by atoms with E-state index in [1.54, 1.807) is 14.2 Å². The average molecular weight is 280 g/mol. The summed E-state index contributed by atoms with van der Waals surface area (Å²) in [6.07, 6.45) is 0.195. The van der Waals surface area contributed by atoms with Crippen molar-refractivity contribution in [2.75, 3.05) is 24.8 Å². The van der Waals surface area contributed by atoms with Gasteiger partial charge in [-0.1, -0.05) is 0 Å². The van der Waals surface area contributed by atoms with Gasteiger partial charge in [0.1, 0.15) is 0 Å². The third-order valence-corrected chi connectivity index (χ3v) is 3.14. The van der Waals surface area contributed by atoms with E-state index in [-0.39, 0.29) is 23.6 Å². The summed E-state index contributed by atoms with van der Waals surface area (Å²) in [5.74, 6) is -1.22. The minimum absolute atomic E-state index is 0.0873. The second-order valence-electron chi connectivity index (χ2n) is 5.17. The van der Waals surface area contributed by atoms with E-state index in [2.05, 4.69) is 0 Å². The molecule has 0 saturated carbocycles. The Morgan fingerprint density at radius 1 is 1.40 bits per heavy atom. The number of nitrogens with zero attached hydrogens (tertiary/aromatic N) is 1. The fourth-order valence-electron chi connectivity index (χ4n) is 1.68. The van der Waals surface area contributed by atoms with Crippen LogP contribution in [0.2, 0.25) is 0 Å². The maximum Gasteiger partial charge on any atom is 0.335 e. The van der Waals surface area contributed by atoms with Crippen LogP contribution in [-0.2, 0) is 9.53 Å². The molecule has 1 aromatic carbocycles. The molecule has 1 rings (SSSR count). The zero-order valence-corrected chi connectivity index (χ0v) is 12.1. The number of carbonyl (C=O) groups is 2. The summed E-state index contributed by atoms with van der Waals surface area (Å²) in [5.41, 5.74) is 6.05. The maximum absolute atomic E-state index is 12.2. The van der Waals surface area contributed by atoms with Gasteiger partial charge >= 0.3 is 5.97 Å². The Morgan fingerprint density at radius 2 is 2.00 bits per heavy atom. The number of benzene rings is 1. The van der Waals surface area contributed by atoms with Crippen molar-refractivity contribution >= 4 is 23.3 Å². The molecule has 0 aliphatic heterocycles. The highest BCUT2D eigenvalue weighted by Gasteiger charge is 2.24. The largest absolute Gasteiger partial charge is 0.478 e. The lowest BCUT2D eigenvalue weighted by atomic mass is 10.0. The van der Waals surface area contributed by atoms with Gasteiger partial charge in [0.2, 0.25) is 5.91 Å². The molecule has 6 nitrogen and oxygen atoms in total. The van der Waals surface area contributed by atoms with E-state index >= 15 is 0 Å². The molecule has 20 heavy (non-hydrogen) atoms. The van der Waals surface area contributed by atoms with Crippen LogP contribution in [-0.4, -0.2) is 36.7 Å². The van der Waals surface area contributed by atoms with E-state index in [1.165, 1.54) is 23.1 Å². The first-order valence-corrected chi connectivity index (χ1v) is 6.12. The van der Waals surface area contributed by atoms with Crippen molar-refractivity contribution in [3.8, 4) is 0 Å². The molecule has 0 atom stereocenters. The summed E-state index contributed by atoms with van der Waals surface area (Å²) in [5, 5.41) is 8.88. The number of anilines is 2. The van der Waals surface area contributed by atoms with Gasteiger partial charge in [-0.3, -0.25) is 4.79 Å². The Morgan fingerprint density at radius 3 is 2.45 bits per heavy atom. The molecular formula is C14H20N2O4. The van der Waals surface area contributed by atoms with E-state index in [1.807, 2.05) is 13.8 Å². The number of nitrogen functional groups attached to an aromatic ring is 1. The van der Waals surface area contributed by atoms with Crippen LogP contribution < -0.4 is 10.6 Å². The summed E-state index contributed by atoms with van der Waals surface area (Å²) in [6.45, 7) is 3.63. The maximum atomic E-state index is 12.2. The number of aromatic carboxylic acids is 1. The van der Waals surface area contributed by atoms with Crippen LogP contribution >= 0.6 is 0 Å². The van der Waals surface area contributed by atoms with Gasteiger partial charge in [-0.15, -0.1) is 0 Å². The summed E-state index contributed by atoms with van der Waals surface area (Å²) in [4.78, 5) is 24.4. The van der Waals surface area contributed by atoms with Crippen molar-refractivity contribution in [1.82, 2.24) is 0 Å². The molecule has 1 aromatic rings. The number of hydrogen-bond donors (Lipinski definition) is 2. The summed E-state index contributed by atoms with van der Waals surface area (Å²) < 4.78 is 5.22. The molecule has 0 aromatic heterocycles. The van der Waals surface area contributed by atoms with Crippen LogP contribution in [0.25, 0.3) is 0 Å². The van der Waals surface area contributed by atoms with E-state index in [0.717, 1.165) is 0 Å². The zero-order valence-electron chi connectivity index (χ0n) is 12.1. The van der Waals surface area contributed by atoms with Gasteiger partial charge in [0, 0.05) is 14.2 Å². The van der Waals surface area contributed by atoms with Crippen LogP contribution in [0.15, 0.2) is 18.2 Å². The van der Waals surface area contributed by atoms with Gasteiger partial charge in [0.05, 0.1) is 29.0 Å². The van der Waals surface area contributed by atoms with Crippen LogP contribution in [0.5, 0.6) is 0 Å². The van der Waals surface area contributed by atoms with E-state index in [4.69, 9.17) is 15.6 Å². The molecular weight excluding hydrogens is 260 g/mol. The number of ether oxygens (including phenoxy) is 1. The van der Waals surface area contributed by atoms with Crippen molar-refractivity contribution in [2.45, 2.75) is 25.9 Å². The molecule has 0 heterocycles. The second-order valence-corrected chi connectivity index (χ2v) is 5.17. The Hall–Kier alpha value is -2.08. The third kappa shape index (κ3) is 3.71. The van der Waals surface area contributed by atoms with Crippen molar-refractivity contribution in [3.63, 3.8) is 0 Å². The minimum atomic E-state index is -1.06. The summed E-state index contributed by atoms with van der Waals surface area (Å²) in [6, 6.07) is 4.28. The predicted octanol–water partition coefficient (Wildman–Crippen LogP) is 1.74. The SMILES string of the molecule is COC(C)(C)CC(=O)N(C)c1ccc(C(=O)O)cc1N. The molecule has 6 heteroatoms. The minimum Gasteiger partial charge on any atom is -0.478 e. The van der Waals surface area contributed by atoms with E-state index in [0.29, 0.717) is 5.69 Å². The highest BCUT2D eigenvalue weighted by molar-refractivity contribution is 5.98. The lowest BCUT2D eigenvalue weighted by Crippen LogP contribution is -2.35. The van der Waals surface area contributed by atoms with E-state index < -0.39 is 11.6 Å². The number of hydrogen-bond acceptors (Lipinski definition) is 4. The van der Waals surface area contributed by atoms with Crippen molar-refractivity contribution < 1.29 is 19.4 Å². The fourth-order valence-corrected chi connectivity index (χ4v) is 1.68. The lowest BCUT2D eigenvalue weighted by molar-refractivity contribution is -0.123. The lowest BCUT2D eigenvalue weighted by Gasteiger charge is -2.26. The standard InChI is InChI=1S/C14H20N2O4/c1-14(2,20-4)8-12(17)16(3)11-6-5-9(13(18)19)7-10(11)15/h5-7H,8,15H2,1-4H3,(H,18,19). The Balaban J connectivity index is 2.95. The van der Waals surface area contributed by atoms with Gasteiger partial charge < -0.3 is 20.5 Å².